The number of H-pyrrole nitrogens is 1. The maximum absolute atomic E-state index is 13.3. The van der Waals surface area contributed by atoms with Gasteiger partial charge in [0.1, 0.15) is 0 Å². The molecule has 1 aromatic carbocycles. The Bertz CT molecular complexity index is 1320. The second kappa shape index (κ2) is 9.00. The number of carbonyl (C=O) groups excluding carboxylic acids is 1. The van der Waals surface area contributed by atoms with Gasteiger partial charge in [-0.1, -0.05) is 49.4 Å². The van der Waals surface area contributed by atoms with Crippen molar-refractivity contribution in [2.75, 3.05) is 5.75 Å². The van der Waals surface area contributed by atoms with Gasteiger partial charge in [-0.25, -0.2) is 0 Å². The zero-order valence-corrected chi connectivity index (χ0v) is 21.3. The van der Waals surface area contributed by atoms with Gasteiger partial charge in [-0.2, -0.15) is 0 Å². The molecule has 3 heterocycles. The molecule has 2 bridgehead atoms. The Hall–Kier alpha value is -2.38. The third kappa shape index (κ3) is 3.73. The first-order valence-electron chi connectivity index (χ1n) is 12.4. The molecule has 2 saturated carbocycles. The van der Waals surface area contributed by atoms with Crippen LogP contribution < -0.4 is 0 Å². The first-order valence-corrected chi connectivity index (χ1v) is 14.2. The molecule has 7 heteroatoms. The molecule has 0 amide bonds. The van der Waals surface area contributed by atoms with E-state index in [1.54, 1.807) is 11.3 Å². The van der Waals surface area contributed by atoms with Crippen molar-refractivity contribution in [3.63, 3.8) is 0 Å². The lowest BCUT2D eigenvalue weighted by Crippen LogP contribution is -2.23. The van der Waals surface area contributed by atoms with Gasteiger partial charge in [-0.15, -0.1) is 21.5 Å². The number of thioether (sulfide) groups is 1. The SMILES string of the molecule is CCc1cccc2c(C(=O)CSc3nnc(-c4cccs4)n3C(C)C3CC4CCC3C4)c[nH]c12. The Kier molecular flexibility index (Phi) is 5.86. The van der Waals surface area contributed by atoms with Gasteiger partial charge in [0.25, 0.3) is 0 Å². The molecule has 5 nitrogen and oxygen atoms in total. The number of rotatable bonds is 8. The molecule has 0 radical (unpaired) electrons. The van der Waals surface area contributed by atoms with Gasteiger partial charge in [0.2, 0.25) is 0 Å². The Balaban J connectivity index is 1.28. The normalized spacial score (nSPS) is 22.6. The minimum absolute atomic E-state index is 0.129. The molecule has 4 atom stereocenters. The van der Waals surface area contributed by atoms with Crippen molar-refractivity contribution in [2.24, 2.45) is 17.8 Å². The van der Waals surface area contributed by atoms with E-state index in [1.807, 2.05) is 18.3 Å². The lowest BCUT2D eigenvalue weighted by atomic mass is 9.84. The molecule has 0 saturated heterocycles. The maximum Gasteiger partial charge on any atom is 0.192 e. The Morgan fingerprint density at radius 2 is 2.15 bits per heavy atom. The van der Waals surface area contributed by atoms with Crippen LogP contribution in [-0.4, -0.2) is 31.3 Å². The highest BCUT2D eigenvalue weighted by atomic mass is 32.2. The number of hydrogen-bond donors (Lipinski definition) is 1. The van der Waals surface area contributed by atoms with Crippen LogP contribution in [0.3, 0.4) is 0 Å². The number of para-hydroxylation sites is 1. The number of nitrogens with zero attached hydrogens (tertiary/aromatic N) is 3. The van der Waals surface area contributed by atoms with Crippen molar-refractivity contribution in [2.45, 2.75) is 57.1 Å². The number of fused-ring (bicyclic) bond motifs is 3. The first kappa shape index (κ1) is 22.1. The van der Waals surface area contributed by atoms with Crippen LogP contribution in [0.1, 0.15) is 61.5 Å². The van der Waals surface area contributed by atoms with Crippen LogP contribution in [-0.2, 0) is 6.42 Å². The summed E-state index contributed by atoms with van der Waals surface area (Å²) >= 11 is 3.23. The Morgan fingerprint density at radius 3 is 2.88 bits per heavy atom. The number of aromatic amines is 1. The van der Waals surface area contributed by atoms with Crippen molar-refractivity contribution in [1.82, 2.24) is 19.7 Å². The number of carbonyl (C=O) groups is 1. The number of nitrogens with one attached hydrogen (secondary N) is 1. The van der Waals surface area contributed by atoms with Crippen LogP contribution >= 0.6 is 23.1 Å². The van der Waals surface area contributed by atoms with Crippen LogP contribution in [0.2, 0.25) is 0 Å². The predicted molar refractivity (Wildman–Crippen MR) is 140 cm³/mol. The molecule has 2 aliphatic rings. The molecule has 4 unspecified atom stereocenters. The molecule has 1 N–H and O–H groups in total. The van der Waals surface area contributed by atoms with E-state index in [1.165, 1.54) is 43.0 Å². The van der Waals surface area contributed by atoms with Crippen LogP contribution in [0.25, 0.3) is 21.6 Å². The molecule has 34 heavy (non-hydrogen) atoms. The van der Waals surface area contributed by atoms with E-state index in [0.29, 0.717) is 17.7 Å². The summed E-state index contributed by atoms with van der Waals surface area (Å²) in [6.07, 6.45) is 8.26. The van der Waals surface area contributed by atoms with Crippen LogP contribution in [0.5, 0.6) is 0 Å². The summed E-state index contributed by atoms with van der Waals surface area (Å²) in [5, 5.41) is 13.2. The predicted octanol–water partition coefficient (Wildman–Crippen LogP) is 7.02. The largest absolute Gasteiger partial charge is 0.360 e. The van der Waals surface area contributed by atoms with Gasteiger partial charge in [-0.05, 0) is 67.4 Å². The van der Waals surface area contributed by atoms with E-state index >= 15 is 0 Å². The Labute approximate surface area is 208 Å². The average Bonchev–Trinajstić information content (AvgIpc) is 3.68. The fourth-order valence-electron chi connectivity index (χ4n) is 6.34. The molecule has 0 spiro atoms. The second-order valence-electron chi connectivity index (χ2n) is 9.84. The van der Waals surface area contributed by atoms with E-state index in [2.05, 4.69) is 57.2 Å². The van der Waals surface area contributed by atoms with Crippen molar-refractivity contribution >= 4 is 39.8 Å². The second-order valence-corrected chi connectivity index (χ2v) is 11.7. The van der Waals surface area contributed by atoms with Crippen molar-refractivity contribution in [3.8, 4) is 10.7 Å². The van der Waals surface area contributed by atoms with E-state index in [4.69, 9.17) is 0 Å². The lowest BCUT2D eigenvalue weighted by molar-refractivity contribution is 0.102. The highest BCUT2D eigenvalue weighted by molar-refractivity contribution is 7.99. The quantitative estimate of drug-likeness (QED) is 0.213. The number of benzene rings is 1. The molecule has 0 aliphatic heterocycles. The van der Waals surface area contributed by atoms with Crippen molar-refractivity contribution in [3.05, 3.63) is 53.0 Å². The fraction of sp³-hybridized carbons (Fsp3) is 0.444. The highest BCUT2D eigenvalue weighted by Crippen LogP contribution is 2.53. The minimum Gasteiger partial charge on any atom is -0.360 e. The monoisotopic (exact) mass is 490 g/mol. The van der Waals surface area contributed by atoms with Gasteiger partial charge in [0.15, 0.2) is 16.8 Å². The summed E-state index contributed by atoms with van der Waals surface area (Å²) in [7, 11) is 0. The Morgan fingerprint density at radius 1 is 1.24 bits per heavy atom. The third-order valence-corrected chi connectivity index (χ3v) is 9.85. The van der Waals surface area contributed by atoms with Gasteiger partial charge in [0.05, 0.1) is 10.6 Å². The standard InChI is InChI=1S/C27H30N4OS2/c1-3-18-6-4-7-20-22(14-28-25(18)20)23(32)15-34-27-30-29-26(24-8-5-11-33-24)31(27)16(2)21-13-17-9-10-19(21)12-17/h4-8,11,14,16-17,19,21,28H,3,9-10,12-13,15H2,1-2H3. The van der Waals surface area contributed by atoms with Gasteiger partial charge < -0.3 is 4.98 Å². The maximum atomic E-state index is 13.3. The van der Waals surface area contributed by atoms with E-state index in [0.717, 1.165) is 50.6 Å². The average molecular weight is 491 g/mol. The summed E-state index contributed by atoms with van der Waals surface area (Å²) in [5.41, 5.74) is 3.08. The minimum atomic E-state index is 0.129. The van der Waals surface area contributed by atoms with Crippen molar-refractivity contribution < 1.29 is 4.79 Å². The van der Waals surface area contributed by atoms with Crippen LogP contribution in [0.15, 0.2) is 47.1 Å². The summed E-state index contributed by atoms with van der Waals surface area (Å²) in [6.45, 7) is 4.48. The summed E-state index contributed by atoms with van der Waals surface area (Å²) < 4.78 is 2.33. The first-order chi connectivity index (χ1) is 16.6. The number of thiophene rings is 1. The molecule has 3 aromatic heterocycles. The number of aryl methyl sites for hydroxylation is 1. The highest BCUT2D eigenvalue weighted by Gasteiger charge is 2.43. The topological polar surface area (TPSA) is 63.6 Å². The number of Topliss-reactive ketones (excluding diaryl/α,β-unsaturated/α-hetero) is 1. The molecule has 2 fully saturated rings. The molecule has 6 rings (SSSR count). The molecular formula is C27H30N4OS2. The van der Waals surface area contributed by atoms with Gasteiger partial charge in [0, 0.05) is 28.7 Å². The lowest BCUT2D eigenvalue weighted by Gasteiger charge is -2.30. The molecule has 2 aliphatic carbocycles. The van der Waals surface area contributed by atoms with Gasteiger partial charge >= 0.3 is 0 Å². The third-order valence-electron chi connectivity index (χ3n) is 8.04. The fourth-order valence-corrected chi connectivity index (χ4v) is 7.95. The van der Waals surface area contributed by atoms with E-state index in [9.17, 15) is 4.79 Å². The zero-order chi connectivity index (χ0) is 23.2. The molecular weight excluding hydrogens is 460 g/mol. The van der Waals surface area contributed by atoms with Crippen LogP contribution in [0, 0.1) is 17.8 Å². The summed E-state index contributed by atoms with van der Waals surface area (Å²) in [4.78, 5) is 17.7. The number of hydrogen-bond acceptors (Lipinski definition) is 5. The zero-order valence-electron chi connectivity index (χ0n) is 19.7. The van der Waals surface area contributed by atoms with Crippen LogP contribution in [0.4, 0.5) is 0 Å². The molecule has 176 valence electrons. The smallest absolute Gasteiger partial charge is 0.192 e. The number of aromatic nitrogens is 4. The summed E-state index contributed by atoms with van der Waals surface area (Å²) in [6, 6.07) is 10.7. The van der Waals surface area contributed by atoms with Gasteiger partial charge in [-0.3, -0.25) is 9.36 Å². The number of ketones is 1. The molecule has 4 aromatic rings. The van der Waals surface area contributed by atoms with Crippen molar-refractivity contribution in [1.29, 1.82) is 0 Å². The van der Waals surface area contributed by atoms with E-state index < -0.39 is 0 Å². The van der Waals surface area contributed by atoms with E-state index in [-0.39, 0.29) is 5.78 Å². The summed E-state index contributed by atoms with van der Waals surface area (Å²) in [5.74, 6) is 3.81.